The first-order valence-corrected chi connectivity index (χ1v) is 14.6. The smallest absolute Gasteiger partial charge is 0.259 e. The third-order valence-corrected chi connectivity index (χ3v) is 8.36. The fourth-order valence-corrected chi connectivity index (χ4v) is 5.87. The molecule has 0 radical (unpaired) electrons. The third-order valence-electron chi connectivity index (χ3n) is 7.05. The molecule has 3 amide bonds. The van der Waals surface area contributed by atoms with Crippen molar-refractivity contribution in [2.24, 2.45) is 9.98 Å². The van der Waals surface area contributed by atoms with Crippen LogP contribution in [0.2, 0.25) is 0 Å². The number of carbonyl (C=O) groups excluding carboxylic acids is 3. The van der Waals surface area contributed by atoms with E-state index in [1.54, 1.807) is 18.4 Å². The van der Waals surface area contributed by atoms with Crippen LogP contribution < -0.4 is 20.1 Å². The van der Waals surface area contributed by atoms with Crippen LogP contribution in [0, 0.1) is 0 Å². The van der Waals surface area contributed by atoms with E-state index in [1.807, 2.05) is 49.4 Å². The number of hydrogen-bond donors (Lipinski definition) is 2. The summed E-state index contributed by atoms with van der Waals surface area (Å²) in [5, 5.41) is 5.70. The van der Waals surface area contributed by atoms with Gasteiger partial charge in [0.1, 0.15) is 17.6 Å². The van der Waals surface area contributed by atoms with Crippen molar-refractivity contribution >= 4 is 46.2 Å². The van der Waals surface area contributed by atoms with E-state index in [0.29, 0.717) is 46.9 Å². The lowest BCUT2D eigenvalue weighted by Crippen LogP contribution is -2.43. The zero-order valence-corrected chi connectivity index (χ0v) is 23.7. The molecule has 0 bridgehead atoms. The second-order valence-electron chi connectivity index (χ2n) is 9.87. The van der Waals surface area contributed by atoms with Crippen LogP contribution >= 0.6 is 11.8 Å². The molecule has 2 aromatic carbocycles. The van der Waals surface area contributed by atoms with Gasteiger partial charge in [-0.2, -0.15) is 0 Å². The zero-order valence-electron chi connectivity index (χ0n) is 22.9. The van der Waals surface area contributed by atoms with Crippen molar-refractivity contribution in [3.63, 3.8) is 0 Å². The molecule has 0 saturated carbocycles. The minimum atomic E-state index is -0.735. The van der Waals surface area contributed by atoms with E-state index in [2.05, 4.69) is 10.6 Å². The maximum absolute atomic E-state index is 13.6. The van der Waals surface area contributed by atoms with Gasteiger partial charge in [-0.05, 0) is 54.8 Å². The summed E-state index contributed by atoms with van der Waals surface area (Å²) in [7, 11) is 0. The van der Waals surface area contributed by atoms with Crippen molar-refractivity contribution in [3.05, 3.63) is 77.7 Å². The van der Waals surface area contributed by atoms with E-state index in [4.69, 9.17) is 23.9 Å². The highest BCUT2D eigenvalue weighted by Crippen LogP contribution is 2.36. The summed E-state index contributed by atoms with van der Waals surface area (Å²) in [5.41, 5.74) is 2.30. The maximum Gasteiger partial charge on any atom is 0.259 e. The van der Waals surface area contributed by atoms with Crippen LogP contribution in [-0.4, -0.2) is 51.7 Å². The Morgan fingerprint density at radius 3 is 2.76 bits per heavy atom. The number of amides is 3. The standard InChI is InChI=1S/C30H29N5O6S/c1-2-25(28(37)32-16-19-6-5-13-39-19)42-30-34-21-8-4-3-7-20(21)27-33-22(29(38)35(27)30)10-12-26(36)31-15-18-9-11-23-24(14-18)41-17-40-23/h3-9,11,13-14,22,25H,2,10,12,15-17H2,1H3,(H,31,36)(H,32,37)/t22-,25+/m1/s1. The number of furan rings is 1. The Labute approximate surface area is 246 Å². The zero-order chi connectivity index (χ0) is 29.1. The van der Waals surface area contributed by atoms with Crippen molar-refractivity contribution in [1.29, 1.82) is 0 Å². The lowest BCUT2D eigenvalue weighted by atomic mass is 10.1. The summed E-state index contributed by atoms with van der Waals surface area (Å²) < 4.78 is 16.0. The molecule has 3 aliphatic rings. The second kappa shape index (κ2) is 12.1. The summed E-state index contributed by atoms with van der Waals surface area (Å²) in [6.07, 6.45) is 2.45. The summed E-state index contributed by atoms with van der Waals surface area (Å²) >= 11 is 1.23. The molecule has 42 heavy (non-hydrogen) atoms. The van der Waals surface area contributed by atoms with Crippen molar-refractivity contribution in [1.82, 2.24) is 15.5 Å². The van der Waals surface area contributed by atoms with Crippen LogP contribution in [0.3, 0.4) is 0 Å². The van der Waals surface area contributed by atoms with Gasteiger partial charge < -0.3 is 24.5 Å². The molecule has 3 aliphatic heterocycles. The quantitative estimate of drug-likeness (QED) is 0.368. The molecule has 216 valence electrons. The minimum Gasteiger partial charge on any atom is -0.467 e. The molecular formula is C30H29N5O6S. The van der Waals surface area contributed by atoms with E-state index >= 15 is 0 Å². The SMILES string of the molecule is CC[C@H](SC1=Nc2ccccc2C2=N[C@H](CCC(=O)NCc3ccc4c(c3)OCO4)C(=O)N12)C(=O)NCc1ccco1. The van der Waals surface area contributed by atoms with Crippen molar-refractivity contribution in [3.8, 4) is 11.5 Å². The number of ether oxygens (including phenoxy) is 2. The first-order valence-electron chi connectivity index (χ1n) is 13.7. The molecule has 11 nitrogen and oxygen atoms in total. The largest absolute Gasteiger partial charge is 0.467 e. The number of fused-ring (bicyclic) bond motifs is 4. The van der Waals surface area contributed by atoms with E-state index in [-0.39, 0.29) is 43.9 Å². The van der Waals surface area contributed by atoms with Gasteiger partial charge >= 0.3 is 0 Å². The number of carbonyl (C=O) groups is 3. The molecule has 4 heterocycles. The number of hydrogen-bond acceptors (Lipinski definition) is 9. The van der Waals surface area contributed by atoms with Gasteiger partial charge in [-0.15, -0.1) is 0 Å². The average Bonchev–Trinajstić information content (AvgIpc) is 3.77. The molecule has 0 aliphatic carbocycles. The predicted octanol–water partition coefficient (Wildman–Crippen LogP) is 3.89. The Morgan fingerprint density at radius 2 is 1.93 bits per heavy atom. The van der Waals surface area contributed by atoms with Gasteiger partial charge in [0, 0.05) is 18.5 Å². The fraction of sp³-hybridized carbons (Fsp3) is 0.300. The Morgan fingerprint density at radius 1 is 1.07 bits per heavy atom. The molecular weight excluding hydrogens is 558 g/mol. The molecule has 1 aromatic heterocycles. The molecule has 2 atom stereocenters. The Hall–Kier alpha value is -4.58. The van der Waals surface area contributed by atoms with E-state index in [9.17, 15) is 14.4 Å². The monoisotopic (exact) mass is 587 g/mol. The first-order chi connectivity index (χ1) is 20.5. The predicted molar refractivity (Wildman–Crippen MR) is 157 cm³/mol. The number of amidine groups is 2. The number of para-hydroxylation sites is 1. The van der Waals surface area contributed by atoms with Crippen LogP contribution in [0.4, 0.5) is 5.69 Å². The number of nitrogens with zero attached hydrogens (tertiary/aromatic N) is 3. The highest BCUT2D eigenvalue weighted by atomic mass is 32.2. The Balaban J connectivity index is 1.11. The molecule has 2 N–H and O–H groups in total. The van der Waals surface area contributed by atoms with Gasteiger partial charge in [0.05, 0.1) is 23.7 Å². The van der Waals surface area contributed by atoms with Gasteiger partial charge in [-0.3, -0.25) is 19.4 Å². The minimum absolute atomic E-state index is 0.125. The molecule has 0 fully saturated rings. The number of aliphatic imine (C=N–C) groups is 2. The first kappa shape index (κ1) is 27.6. The van der Waals surface area contributed by atoms with Crippen molar-refractivity contribution in [2.45, 2.75) is 50.6 Å². The molecule has 0 unspecified atom stereocenters. The Kier molecular flexibility index (Phi) is 7.95. The van der Waals surface area contributed by atoms with Crippen molar-refractivity contribution in [2.75, 3.05) is 6.79 Å². The van der Waals surface area contributed by atoms with E-state index < -0.39 is 11.3 Å². The van der Waals surface area contributed by atoms with Crippen LogP contribution in [0.25, 0.3) is 0 Å². The second-order valence-corrected chi connectivity index (χ2v) is 11.0. The Bertz CT molecular complexity index is 1570. The highest BCUT2D eigenvalue weighted by Gasteiger charge is 2.42. The van der Waals surface area contributed by atoms with Gasteiger partial charge in [0.15, 0.2) is 16.7 Å². The molecule has 6 rings (SSSR count). The summed E-state index contributed by atoms with van der Waals surface area (Å²) in [4.78, 5) is 50.3. The van der Waals surface area contributed by atoms with E-state index in [0.717, 1.165) is 11.1 Å². The van der Waals surface area contributed by atoms with Gasteiger partial charge in [-0.1, -0.05) is 36.9 Å². The third kappa shape index (κ3) is 5.75. The summed E-state index contributed by atoms with van der Waals surface area (Å²) in [5.74, 6) is 1.85. The van der Waals surface area contributed by atoms with Crippen LogP contribution in [0.15, 0.2) is 75.3 Å². The topological polar surface area (TPSA) is 135 Å². The van der Waals surface area contributed by atoms with Crippen LogP contribution in [0.1, 0.15) is 43.1 Å². The van der Waals surface area contributed by atoms with Crippen LogP contribution in [-0.2, 0) is 27.5 Å². The average molecular weight is 588 g/mol. The normalized spacial score (nSPS) is 17.2. The lowest BCUT2D eigenvalue weighted by molar-refractivity contribution is -0.125. The lowest BCUT2D eigenvalue weighted by Gasteiger charge is -2.27. The van der Waals surface area contributed by atoms with Crippen molar-refractivity contribution < 1.29 is 28.3 Å². The van der Waals surface area contributed by atoms with E-state index in [1.165, 1.54) is 16.7 Å². The molecule has 12 heteroatoms. The number of nitrogens with one attached hydrogen (secondary N) is 2. The molecule has 0 spiro atoms. The van der Waals surface area contributed by atoms with Gasteiger partial charge in [0.25, 0.3) is 5.91 Å². The van der Waals surface area contributed by atoms with Crippen LogP contribution in [0.5, 0.6) is 11.5 Å². The maximum atomic E-state index is 13.6. The number of thioether (sulfide) groups is 1. The summed E-state index contributed by atoms with van der Waals surface area (Å²) in [6.45, 7) is 2.70. The highest BCUT2D eigenvalue weighted by molar-refractivity contribution is 8.15. The van der Waals surface area contributed by atoms with Gasteiger partial charge in [-0.25, -0.2) is 9.89 Å². The molecule has 3 aromatic rings. The fourth-order valence-electron chi connectivity index (χ4n) is 4.83. The summed E-state index contributed by atoms with van der Waals surface area (Å²) in [6, 6.07) is 15.8. The van der Waals surface area contributed by atoms with Gasteiger partial charge in [0.2, 0.25) is 18.6 Å². The number of rotatable bonds is 10. The number of benzene rings is 2. The molecule has 0 saturated heterocycles.